The van der Waals surface area contributed by atoms with E-state index in [-0.39, 0.29) is 25.4 Å². The third-order valence-electron chi connectivity index (χ3n) is 3.19. The average molecular weight is 459 g/mol. The highest BCUT2D eigenvalue weighted by Gasteiger charge is 1.96. The van der Waals surface area contributed by atoms with Gasteiger partial charge in [-0.3, -0.25) is 4.79 Å². The normalized spacial score (nSPS) is 10.4. The smallest absolute Gasteiger partial charge is 0.305 e. The van der Waals surface area contributed by atoms with Crippen LogP contribution in [-0.2, 0) is 33.2 Å². The van der Waals surface area contributed by atoms with Crippen LogP contribution in [0, 0.1) is 0 Å². The number of nitrogens with zero attached hydrogens (tertiary/aromatic N) is 3. The van der Waals surface area contributed by atoms with Crippen molar-refractivity contribution in [1.29, 1.82) is 0 Å². The number of ether oxygens (including phenoxy) is 6. The molecule has 0 rings (SSSR count). The predicted octanol–water partition coefficient (Wildman–Crippen LogP) is 0.882. The van der Waals surface area contributed by atoms with E-state index < -0.39 is 5.97 Å². The summed E-state index contributed by atoms with van der Waals surface area (Å²) in [5.41, 5.74) is 8.08. The third-order valence-corrected chi connectivity index (χ3v) is 3.19. The molecule has 0 aromatic rings. The Morgan fingerprint density at radius 3 is 1.57 bits per heavy atom. The van der Waals surface area contributed by atoms with Crippen LogP contribution in [0.1, 0.15) is 6.42 Å². The van der Waals surface area contributed by atoms with Gasteiger partial charge in [0.2, 0.25) is 0 Å². The van der Waals surface area contributed by atoms with Crippen LogP contribution in [-0.4, -0.2) is 110 Å². The lowest BCUT2D eigenvalue weighted by atomic mass is 10.5. The van der Waals surface area contributed by atoms with Gasteiger partial charge in [-0.25, -0.2) is 0 Å². The molecule has 12 nitrogen and oxygen atoms in total. The Labute approximate surface area is 183 Å². The van der Waals surface area contributed by atoms with E-state index in [0.29, 0.717) is 79.2 Å². The van der Waals surface area contributed by atoms with Crippen molar-refractivity contribution in [3.8, 4) is 0 Å². The van der Waals surface area contributed by atoms with E-state index in [0.717, 1.165) is 13.1 Å². The fourth-order valence-electron chi connectivity index (χ4n) is 1.81. The Hall–Kier alpha value is -1.21. The molecule has 0 saturated heterocycles. The van der Waals surface area contributed by atoms with Gasteiger partial charge in [0.15, 0.2) is 0 Å². The number of nitrogens with one attached hydrogen (secondary N) is 1. The van der Waals surface area contributed by atoms with E-state index in [9.17, 15) is 4.79 Å². The van der Waals surface area contributed by atoms with Crippen LogP contribution in [0.25, 0.3) is 10.4 Å². The number of hydrogen-bond donors (Lipinski definition) is 2. The fraction of sp³-hybridized carbons (Fsp3) is 0.941. The Morgan fingerprint density at radius 1 is 0.733 bits per heavy atom. The summed E-state index contributed by atoms with van der Waals surface area (Å²) >= 11 is 0. The molecule has 0 atom stereocenters. The second-order valence-electron chi connectivity index (χ2n) is 5.52. The van der Waals surface area contributed by atoms with Gasteiger partial charge < -0.3 is 38.8 Å². The van der Waals surface area contributed by atoms with E-state index in [1.54, 1.807) is 0 Å². The van der Waals surface area contributed by atoms with Gasteiger partial charge in [0.1, 0.15) is 0 Å². The summed E-state index contributed by atoms with van der Waals surface area (Å²) in [4.78, 5) is 12.9. The van der Waals surface area contributed by atoms with E-state index in [2.05, 4.69) is 15.3 Å². The number of hydrogen-bond acceptors (Lipinski definition) is 9. The number of carbonyl (C=O) groups is 1. The van der Waals surface area contributed by atoms with Crippen LogP contribution < -0.4 is 5.32 Å². The molecule has 0 amide bonds. The maximum atomic E-state index is 10.3. The maximum Gasteiger partial charge on any atom is 0.305 e. The van der Waals surface area contributed by atoms with Gasteiger partial charge in [-0.05, 0) is 5.53 Å². The minimum absolute atomic E-state index is 0. The van der Waals surface area contributed by atoms with E-state index in [1.165, 1.54) is 0 Å². The lowest BCUT2D eigenvalue weighted by Gasteiger charge is -2.08. The third kappa shape index (κ3) is 29.0. The first-order valence-electron chi connectivity index (χ1n) is 9.67. The topological polar surface area (TPSA) is 153 Å². The summed E-state index contributed by atoms with van der Waals surface area (Å²) in [6.45, 7) is 7.33. The zero-order chi connectivity index (χ0) is 21.3. The van der Waals surface area contributed by atoms with Crippen LogP contribution in [0.5, 0.6) is 0 Å². The quantitative estimate of drug-likeness (QED) is 0.0927. The monoisotopic (exact) mass is 458 g/mol. The molecular formula is C17H35ClN4O8. The zero-order valence-electron chi connectivity index (χ0n) is 17.4. The van der Waals surface area contributed by atoms with Gasteiger partial charge in [0, 0.05) is 24.5 Å². The first kappa shape index (κ1) is 31.0. The van der Waals surface area contributed by atoms with E-state index >= 15 is 0 Å². The summed E-state index contributed by atoms with van der Waals surface area (Å²) in [5, 5.41) is 15.0. The fourth-order valence-corrected chi connectivity index (χ4v) is 1.81. The molecule has 0 aliphatic rings. The van der Waals surface area contributed by atoms with Crippen LogP contribution in [0.4, 0.5) is 0 Å². The lowest BCUT2D eigenvalue weighted by molar-refractivity contribution is -0.138. The van der Waals surface area contributed by atoms with Gasteiger partial charge in [0.25, 0.3) is 0 Å². The lowest BCUT2D eigenvalue weighted by Crippen LogP contribution is -2.25. The molecule has 0 heterocycles. The summed E-state index contributed by atoms with van der Waals surface area (Å²) in [7, 11) is 0. The van der Waals surface area contributed by atoms with Gasteiger partial charge >= 0.3 is 5.97 Å². The molecule has 0 aliphatic heterocycles. The first-order valence-corrected chi connectivity index (χ1v) is 9.67. The SMILES string of the molecule is Cl.[N-]=[N+]=NCCOCCOCCOCCNCCOCCOCCOCCC(=O)O. The molecule has 0 saturated carbocycles. The minimum Gasteiger partial charge on any atom is -0.481 e. The largest absolute Gasteiger partial charge is 0.481 e. The number of halogens is 1. The summed E-state index contributed by atoms with van der Waals surface area (Å²) < 4.78 is 31.7. The molecule has 30 heavy (non-hydrogen) atoms. The highest BCUT2D eigenvalue weighted by atomic mass is 35.5. The van der Waals surface area contributed by atoms with E-state index in [4.69, 9.17) is 39.1 Å². The summed E-state index contributed by atoms with van der Waals surface area (Å²) in [6, 6.07) is 0. The average Bonchev–Trinajstić information content (AvgIpc) is 2.71. The van der Waals surface area contributed by atoms with Crippen molar-refractivity contribution in [1.82, 2.24) is 5.32 Å². The number of carboxylic acid groups (broad SMARTS) is 1. The van der Waals surface area contributed by atoms with Gasteiger partial charge in [-0.15, -0.1) is 12.4 Å². The van der Waals surface area contributed by atoms with Crippen molar-refractivity contribution in [2.24, 2.45) is 5.11 Å². The van der Waals surface area contributed by atoms with Gasteiger partial charge in [0.05, 0.1) is 85.7 Å². The van der Waals surface area contributed by atoms with Crippen molar-refractivity contribution in [3.05, 3.63) is 10.4 Å². The standard InChI is InChI=1S/C17H34N4O8.ClH/c18-21-20-4-8-27-12-16-29-15-11-26-7-3-19-2-6-25-10-14-28-13-9-24-5-1-17(22)23;/h19H,1-16H2,(H,22,23);1H. The van der Waals surface area contributed by atoms with Crippen LogP contribution in [0.3, 0.4) is 0 Å². The van der Waals surface area contributed by atoms with Crippen LogP contribution in [0.15, 0.2) is 5.11 Å². The molecule has 0 bridgehead atoms. The molecule has 0 fully saturated rings. The van der Waals surface area contributed by atoms with Gasteiger partial charge in [-0.2, -0.15) is 0 Å². The molecule has 2 N–H and O–H groups in total. The first-order chi connectivity index (χ1) is 14.3. The maximum absolute atomic E-state index is 10.3. The molecular weight excluding hydrogens is 424 g/mol. The Morgan fingerprint density at radius 2 is 1.13 bits per heavy atom. The van der Waals surface area contributed by atoms with Gasteiger partial charge in [-0.1, -0.05) is 5.11 Å². The van der Waals surface area contributed by atoms with Crippen molar-refractivity contribution in [2.45, 2.75) is 6.42 Å². The van der Waals surface area contributed by atoms with Crippen molar-refractivity contribution in [3.63, 3.8) is 0 Å². The van der Waals surface area contributed by atoms with Crippen LogP contribution in [0.2, 0.25) is 0 Å². The number of azide groups is 1. The molecule has 178 valence electrons. The van der Waals surface area contributed by atoms with Crippen molar-refractivity contribution < 1.29 is 38.3 Å². The summed E-state index contributed by atoms with van der Waals surface area (Å²) in [6.07, 6.45) is 0.00655. The second kappa shape index (κ2) is 27.8. The Kier molecular flexibility index (Phi) is 28.7. The Balaban J connectivity index is 0. The highest BCUT2D eigenvalue weighted by Crippen LogP contribution is 1.85. The number of carboxylic acids is 1. The molecule has 0 spiro atoms. The molecule has 0 radical (unpaired) electrons. The highest BCUT2D eigenvalue weighted by molar-refractivity contribution is 5.85. The van der Waals surface area contributed by atoms with E-state index in [1.807, 2.05) is 0 Å². The Bertz CT molecular complexity index is 395. The molecule has 0 unspecified atom stereocenters. The van der Waals surface area contributed by atoms with Crippen molar-refractivity contribution >= 4 is 18.4 Å². The molecule has 13 heteroatoms. The zero-order valence-corrected chi connectivity index (χ0v) is 18.2. The van der Waals surface area contributed by atoms with Crippen LogP contribution >= 0.6 is 12.4 Å². The van der Waals surface area contributed by atoms with Crippen molar-refractivity contribution in [2.75, 3.05) is 98.9 Å². The predicted molar refractivity (Wildman–Crippen MR) is 111 cm³/mol. The minimum atomic E-state index is -0.869. The molecule has 0 aromatic heterocycles. The summed E-state index contributed by atoms with van der Waals surface area (Å²) in [5.74, 6) is -0.869. The molecule has 0 aromatic carbocycles. The second-order valence-corrected chi connectivity index (χ2v) is 5.52. The number of rotatable bonds is 24. The molecule has 0 aliphatic carbocycles. The number of aliphatic carboxylic acids is 1.